The van der Waals surface area contributed by atoms with E-state index in [-0.39, 0.29) is 6.54 Å². The standard InChI is InChI=1S/C13H20N2O2S/c1-2-11-3-4-12(18-11)9-14-5-7-15(8-6-14)10-13(16)17/h3-4H,2,5-10H2,1H3,(H,16,17). The molecule has 1 fully saturated rings. The molecule has 1 aliphatic heterocycles. The average molecular weight is 268 g/mol. The molecule has 1 saturated heterocycles. The molecule has 1 aromatic rings. The number of rotatable bonds is 5. The molecule has 2 rings (SSSR count). The molecule has 1 aliphatic rings. The van der Waals surface area contributed by atoms with Gasteiger partial charge in [-0.25, -0.2) is 0 Å². The first-order valence-corrected chi connectivity index (χ1v) is 7.23. The first-order valence-electron chi connectivity index (χ1n) is 6.41. The number of hydrogen-bond donors (Lipinski definition) is 1. The fourth-order valence-corrected chi connectivity index (χ4v) is 3.21. The van der Waals surface area contributed by atoms with Gasteiger partial charge in [0, 0.05) is 42.5 Å². The summed E-state index contributed by atoms with van der Waals surface area (Å²) in [5.41, 5.74) is 0. The van der Waals surface area contributed by atoms with Crippen LogP contribution in [0.5, 0.6) is 0 Å². The van der Waals surface area contributed by atoms with Crippen LogP contribution in [-0.4, -0.2) is 53.6 Å². The number of carboxylic acid groups (broad SMARTS) is 1. The van der Waals surface area contributed by atoms with E-state index in [1.165, 1.54) is 9.75 Å². The van der Waals surface area contributed by atoms with E-state index in [1.54, 1.807) is 0 Å². The Labute approximate surface area is 112 Å². The summed E-state index contributed by atoms with van der Waals surface area (Å²) >= 11 is 1.89. The van der Waals surface area contributed by atoms with Crippen molar-refractivity contribution in [2.24, 2.45) is 0 Å². The highest BCUT2D eigenvalue weighted by Gasteiger charge is 2.18. The van der Waals surface area contributed by atoms with Crippen molar-refractivity contribution in [1.82, 2.24) is 9.80 Å². The van der Waals surface area contributed by atoms with Crippen LogP contribution >= 0.6 is 11.3 Å². The molecule has 0 aliphatic carbocycles. The van der Waals surface area contributed by atoms with Crippen molar-refractivity contribution in [2.75, 3.05) is 32.7 Å². The van der Waals surface area contributed by atoms with E-state index in [0.29, 0.717) is 0 Å². The quantitative estimate of drug-likeness (QED) is 0.879. The summed E-state index contributed by atoms with van der Waals surface area (Å²) in [5, 5.41) is 8.74. The van der Waals surface area contributed by atoms with Crippen molar-refractivity contribution < 1.29 is 9.90 Å². The predicted octanol–water partition coefficient (Wildman–Crippen LogP) is 1.51. The molecule has 4 nitrogen and oxygen atoms in total. The van der Waals surface area contributed by atoms with E-state index in [2.05, 4.69) is 24.0 Å². The Balaban J connectivity index is 1.78. The van der Waals surface area contributed by atoms with Crippen LogP contribution in [0.25, 0.3) is 0 Å². The van der Waals surface area contributed by atoms with E-state index in [1.807, 2.05) is 16.2 Å². The second kappa shape index (κ2) is 6.31. The topological polar surface area (TPSA) is 43.8 Å². The number of hydrogen-bond acceptors (Lipinski definition) is 4. The minimum atomic E-state index is -0.728. The molecule has 5 heteroatoms. The van der Waals surface area contributed by atoms with Gasteiger partial charge < -0.3 is 5.11 Å². The van der Waals surface area contributed by atoms with Crippen LogP contribution in [0.1, 0.15) is 16.7 Å². The molecular weight excluding hydrogens is 248 g/mol. The number of thiophene rings is 1. The van der Waals surface area contributed by atoms with Gasteiger partial charge in [-0.15, -0.1) is 11.3 Å². The van der Waals surface area contributed by atoms with Crippen molar-refractivity contribution in [2.45, 2.75) is 19.9 Å². The fourth-order valence-electron chi connectivity index (χ4n) is 2.21. The number of aryl methyl sites for hydroxylation is 1. The molecule has 0 unspecified atom stereocenters. The third-order valence-electron chi connectivity index (χ3n) is 3.27. The summed E-state index contributed by atoms with van der Waals surface area (Å²) < 4.78 is 0. The second-order valence-corrected chi connectivity index (χ2v) is 5.92. The van der Waals surface area contributed by atoms with Gasteiger partial charge in [0.1, 0.15) is 0 Å². The minimum Gasteiger partial charge on any atom is -0.480 e. The highest BCUT2D eigenvalue weighted by molar-refractivity contribution is 7.11. The zero-order valence-electron chi connectivity index (χ0n) is 10.8. The monoisotopic (exact) mass is 268 g/mol. The molecule has 1 aromatic heterocycles. The summed E-state index contributed by atoms with van der Waals surface area (Å²) in [5.74, 6) is -0.728. The number of piperazine rings is 1. The molecule has 0 amide bonds. The number of nitrogens with zero attached hydrogens (tertiary/aromatic N) is 2. The van der Waals surface area contributed by atoms with Crippen molar-refractivity contribution in [3.05, 3.63) is 21.9 Å². The van der Waals surface area contributed by atoms with Crippen molar-refractivity contribution in [3.8, 4) is 0 Å². The van der Waals surface area contributed by atoms with E-state index in [9.17, 15) is 4.79 Å². The second-order valence-electron chi connectivity index (χ2n) is 4.67. The molecule has 0 aromatic carbocycles. The lowest BCUT2D eigenvalue weighted by Gasteiger charge is -2.33. The Morgan fingerprint density at radius 2 is 1.83 bits per heavy atom. The maximum Gasteiger partial charge on any atom is 0.317 e. The third kappa shape index (κ3) is 3.80. The zero-order valence-corrected chi connectivity index (χ0v) is 11.6. The Bertz CT molecular complexity index is 397. The highest BCUT2D eigenvalue weighted by atomic mass is 32.1. The molecular formula is C13H20N2O2S. The lowest BCUT2D eigenvalue weighted by molar-refractivity contribution is -0.138. The van der Waals surface area contributed by atoms with Gasteiger partial charge in [-0.3, -0.25) is 14.6 Å². The van der Waals surface area contributed by atoms with E-state index in [4.69, 9.17) is 5.11 Å². The largest absolute Gasteiger partial charge is 0.480 e. The Kier molecular flexibility index (Phi) is 4.74. The molecule has 0 radical (unpaired) electrons. The number of carbonyl (C=O) groups is 1. The van der Waals surface area contributed by atoms with Crippen LogP contribution in [0.15, 0.2) is 12.1 Å². The Hall–Kier alpha value is -0.910. The molecule has 1 N–H and O–H groups in total. The van der Waals surface area contributed by atoms with Crippen molar-refractivity contribution in [1.29, 1.82) is 0 Å². The maximum atomic E-state index is 10.6. The van der Waals surface area contributed by atoms with Crippen molar-refractivity contribution >= 4 is 17.3 Å². The minimum absolute atomic E-state index is 0.173. The first kappa shape index (κ1) is 13.5. The molecule has 0 bridgehead atoms. The van der Waals surface area contributed by atoms with Gasteiger partial charge in [-0.1, -0.05) is 6.92 Å². The van der Waals surface area contributed by atoms with Crippen LogP contribution in [0.2, 0.25) is 0 Å². The molecule has 0 atom stereocenters. The van der Waals surface area contributed by atoms with Crippen LogP contribution in [0.4, 0.5) is 0 Å². The normalized spacial score (nSPS) is 18.1. The van der Waals surface area contributed by atoms with Gasteiger partial charge in [-0.2, -0.15) is 0 Å². The first-order chi connectivity index (χ1) is 8.67. The summed E-state index contributed by atoms with van der Waals surface area (Å²) in [6, 6.07) is 4.42. The molecule has 0 saturated carbocycles. The van der Waals surface area contributed by atoms with Gasteiger partial charge >= 0.3 is 5.97 Å². The lowest BCUT2D eigenvalue weighted by atomic mass is 10.3. The molecule has 0 spiro atoms. The average Bonchev–Trinajstić information content (AvgIpc) is 2.79. The van der Waals surface area contributed by atoms with E-state index in [0.717, 1.165) is 39.1 Å². The Morgan fingerprint density at radius 3 is 2.39 bits per heavy atom. The summed E-state index contributed by atoms with van der Waals surface area (Å²) in [6.45, 7) is 7.01. The SMILES string of the molecule is CCc1ccc(CN2CCN(CC(=O)O)CC2)s1. The predicted molar refractivity (Wildman–Crippen MR) is 73.0 cm³/mol. The van der Waals surface area contributed by atoms with Gasteiger partial charge in [0.15, 0.2) is 0 Å². The zero-order chi connectivity index (χ0) is 13.0. The summed E-state index contributed by atoms with van der Waals surface area (Å²) in [4.78, 5) is 17.9. The summed E-state index contributed by atoms with van der Waals surface area (Å²) in [6.07, 6.45) is 1.11. The van der Waals surface area contributed by atoms with Gasteiger partial charge in [0.2, 0.25) is 0 Å². The van der Waals surface area contributed by atoms with Crippen molar-refractivity contribution in [3.63, 3.8) is 0 Å². The van der Waals surface area contributed by atoms with Gasteiger partial charge in [-0.05, 0) is 18.6 Å². The van der Waals surface area contributed by atoms with Gasteiger partial charge in [0.05, 0.1) is 6.54 Å². The Morgan fingerprint density at radius 1 is 1.22 bits per heavy atom. The van der Waals surface area contributed by atoms with E-state index < -0.39 is 5.97 Å². The van der Waals surface area contributed by atoms with Crippen LogP contribution < -0.4 is 0 Å². The van der Waals surface area contributed by atoms with Crippen LogP contribution in [-0.2, 0) is 17.8 Å². The third-order valence-corrected chi connectivity index (χ3v) is 4.48. The van der Waals surface area contributed by atoms with Crippen LogP contribution in [0.3, 0.4) is 0 Å². The highest BCUT2D eigenvalue weighted by Crippen LogP contribution is 2.19. The smallest absolute Gasteiger partial charge is 0.317 e. The number of carboxylic acids is 1. The van der Waals surface area contributed by atoms with Gasteiger partial charge in [0.25, 0.3) is 0 Å². The van der Waals surface area contributed by atoms with E-state index >= 15 is 0 Å². The lowest BCUT2D eigenvalue weighted by Crippen LogP contribution is -2.47. The summed E-state index contributed by atoms with van der Waals surface area (Å²) in [7, 11) is 0. The fraction of sp³-hybridized carbons (Fsp3) is 0.615. The molecule has 2 heterocycles. The molecule has 100 valence electrons. The van der Waals surface area contributed by atoms with Crippen LogP contribution in [0, 0.1) is 0 Å². The molecule has 18 heavy (non-hydrogen) atoms. The number of aliphatic carboxylic acids is 1. The maximum absolute atomic E-state index is 10.6.